The van der Waals surface area contributed by atoms with E-state index in [2.05, 4.69) is 10.3 Å². The second-order valence-electron chi connectivity index (χ2n) is 5.09. The van der Waals surface area contributed by atoms with Gasteiger partial charge in [-0.25, -0.2) is 0 Å². The smallest absolute Gasteiger partial charge is 0.270 e. The van der Waals surface area contributed by atoms with Gasteiger partial charge < -0.3 is 11.1 Å². The first kappa shape index (κ1) is 17.7. The normalized spacial score (nSPS) is 14.7. The molecule has 0 saturated heterocycles. The van der Waals surface area contributed by atoms with Crippen LogP contribution in [0.15, 0.2) is 36.5 Å². The zero-order chi connectivity index (χ0) is 13.2. The quantitative estimate of drug-likeness (QED) is 0.906. The Balaban J connectivity index is 0.00000110. The van der Waals surface area contributed by atoms with Gasteiger partial charge >= 0.3 is 0 Å². The summed E-state index contributed by atoms with van der Waals surface area (Å²) in [7, 11) is 0. The van der Waals surface area contributed by atoms with Crippen molar-refractivity contribution < 1.29 is 4.79 Å². The van der Waals surface area contributed by atoms with E-state index < -0.39 is 0 Å². The molecule has 0 bridgehead atoms. The number of nitrogens with one attached hydrogen (secondary N) is 1. The second kappa shape index (κ2) is 7.59. The number of amides is 1. The first-order valence-corrected chi connectivity index (χ1v) is 6.63. The Hall–Kier alpha value is -1.36. The SMILES string of the molecule is Cl.Cl.NC(CNC(=O)c1nccc2ccccc12)C1CC1. The summed E-state index contributed by atoms with van der Waals surface area (Å²) in [5, 5.41) is 4.79. The van der Waals surface area contributed by atoms with Crippen molar-refractivity contribution in [2.75, 3.05) is 6.54 Å². The topological polar surface area (TPSA) is 68.0 Å². The van der Waals surface area contributed by atoms with Gasteiger partial charge in [-0.2, -0.15) is 0 Å². The molecule has 0 spiro atoms. The van der Waals surface area contributed by atoms with Crippen LogP contribution in [-0.4, -0.2) is 23.5 Å². The van der Waals surface area contributed by atoms with Gasteiger partial charge in [-0.15, -0.1) is 24.8 Å². The summed E-state index contributed by atoms with van der Waals surface area (Å²) in [4.78, 5) is 16.4. The Labute approximate surface area is 136 Å². The largest absolute Gasteiger partial charge is 0.349 e. The van der Waals surface area contributed by atoms with Gasteiger partial charge in [-0.3, -0.25) is 9.78 Å². The zero-order valence-electron chi connectivity index (χ0n) is 11.5. The minimum absolute atomic E-state index is 0. The van der Waals surface area contributed by atoms with Gasteiger partial charge in [-0.05, 0) is 30.2 Å². The molecule has 1 saturated carbocycles. The standard InChI is InChI=1S/C15H17N3O.2ClH/c16-13(11-5-6-11)9-18-15(19)14-12-4-2-1-3-10(12)7-8-17-14;;/h1-4,7-8,11,13H,5-6,9,16H2,(H,18,19);2*1H. The summed E-state index contributed by atoms with van der Waals surface area (Å²) in [6, 6.07) is 9.73. The minimum Gasteiger partial charge on any atom is -0.349 e. The molecule has 1 unspecified atom stereocenters. The molecule has 1 amide bonds. The van der Waals surface area contributed by atoms with Crippen molar-refractivity contribution in [1.29, 1.82) is 0 Å². The summed E-state index contributed by atoms with van der Waals surface area (Å²) in [5.74, 6) is 0.439. The molecule has 0 radical (unpaired) electrons. The van der Waals surface area contributed by atoms with Crippen LogP contribution in [-0.2, 0) is 0 Å². The number of hydrogen-bond donors (Lipinski definition) is 2. The van der Waals surface area contributed by atoms with Crippen LogP contribution in [0.2, 0.25) is 0 Å². The Morgan fingerprint density at radius 2 is 2.00 bits per heavy atom. The number of fused-ring (bicyclic) bond motifs is 1. The van der Waals surface area contributed by atoms with E-state index in [1.54, 1.807) is 6.20 Å². The molecule has 2 aromatic rings. The van der Waals surface area contributed by atoms with E-state index in [0.717, 1.165) is 10.8 Å². The number of carbonyl (C=O) groups excluding carboxylic acids is 1. The van der Waals surface area contributed by atoms with Gasteiger partial charge in [0.2, 0.25) is 0 Å². The highest BCUT2D eigenvalue weighted by atomic mass is 35.5. The van der Waals surface area contributed by atoms with E-state index in [0.29, 0.717) is 18.2 Å². The lowest BCUT2D eigenvalue weighted by Crippen LogP contribution is -2.38. The number of nitrogens with two attached hydrogens (primary N) is 1. The molecule has 1 aliphatic carbocycles. The predicted molar refractivity (Wildman–Crippen MR) is 89.3 cm³/mol. The summed E-state index contributed by atoms with van der Waals surface area (Å²) in [5.41, 5.74) is 6.46. The molecular weight excluding hydrogens is 309 g/mol. The fourth-order valence-corrected chi connectivity index (χ4v) is 2.29. The molecule has 21 heavy (non-hydrogen) atoms. The van der Waals surface area contributed by atoms with Crippen molar-refractivity contribution in [3.05, 3.63) is 42.2 Å². The van der Waals surface area contributed by atoms with Crippen molar-refractivity contribution in [2.24, 2.45) is 11.7 Å². The van der Waals surface area contributed by atoms with E-state index in [9.17, 15) is 4.79 Å². The van der Waals surface area contributed by atoms with Crippen LogP contribution in [0.3, 0.4) is 0 Å². The second-order valence-corrected chi connectivity index (χ2v) is 5.09. The van der Waals surface area contributed by atoms with Gasteiger partial charge in [0, 0.05) is 24.2 Å². The lowest BCUT2D eigenvalue weighted by Gasteiger charge is -2.12. The Morgan fingerprint density at radius 3 is 2.71 bits per heavy atom. The molecule has 3 N–H and O–H groups in total. The third-order valence-electron chi connectivity index (χ3n) is 3.61. The summed E-state index contributed by atoms with van der Waals surface area (Å²) in [6.45, 7) is 0.522. The highest BCUT2D eigenvalue weighted by Crippen LogP contribution is 2.31. The maximum absolute atomic E-state index is 12.2. The van der Waals surface area contributed by atoms with Gasteiger partial charge in [0.1, 0.15) is 5.69 Å². The van der Waals surface area contributed by atoms with Crippen LogP contribution in [0, 0.1) is 5.92 Å². The zero-order valence-corrected chi connectivity index (χ0v) is 13.1. The molecule has 3 rings (SSSR count). The molecule has 114 valence electrons. The maximum atomic E-state index is 12.2. The first-order valence-electron chi connectivity index (χ1n) is 6.63. The van der Waals surface area contributed by atoms with Crippen LogP contribution in [0.1, 0.15) is 23.3 Å². The Morgan fingerprint density at radius 1 is 1.29 bits per heavy atom. The number of aromatic nitrogens is 1. The summed E-state index contributed by atoms with van der Waals surface area (Å²) >= 11 is 0. The molecule has 4 nitrogen and oxygen atoms in total. The van der Waals surface area contributed by atoms with E-state index in [1.165, 1.54) is 12.8 Å². The molecule has 6 heteroatoms. The predicted octanol–water partition coefficient (Wildman–Crippen LogP) is 2.55. The summed E-state index contributed by atoms with van der Waals surface area (Å²) < 4.78 is 0. The average Bonchev–Trinajstić information content (AvgIpc) is 3.28. The van der Waals surface area contributed by atoms with E-state index in [1.807, 2.05) is 30.3 Å². The van der Waals surface area contributed by atoms with Crippen LogP contribution >= 0.6 is 24.8 Å². The molecule has 1 fully saturated rings. The van der Waals surface area contributed by atoms with Crippen LogP contribution in [0.5, 0.6) is 0 Å². The minimum atomic E-state index is -0.145. The first-order chi connectivity index (χ1) is 9.25. The third-order valence-corrected chi connectivity index (χ3v) is 3.61. The fraction of sp³-hybridized carbons (Fsp3) is 0.333. The molecule has 1 aromatic heterocycles. The number of hydrogen-bond acceptors (Lipinski definition) is 3. The van der Waals surface area contributed by atoms with Crippen LogP contribution < -0.4 is 11.1 Å². The third kappa shape index (κ3) is 4.06. The van der Waals surface area contributed by atoms with E-state index >= 15 is 0 Å². The van der Waals surface area contributed by atoms with Crippen molar-refractivity contribution in [1.82, 2.24) is 10.3 Å². The maximum Gasteiger partial charge on any atom is 0.270 e. The van der Waals surface area contributed by atoms with Gasteiger partial charge in [0.05, 0.1) is 0 Å². The van der Waals surface area contributed by atoms with E-state index in [-0.39, 0.29) is 36.8 Å². The fourth-order valence-electron chi connectivity index (χ4n) is 2.29. The molecule has 0 aliphatic heterocycles. The van der Waals surface area contributed by atoms with Gasteiger partial charge in [0.15, 0.2) is 0 Å². The van der Waals surface area contributed by atoms with Crippen molar-refractivity contribution in [3.8, 4) is 0 Å². The number of rotatable bonds is 4. The number of carbonyl (C=O) groups is 1. The molecule has 1 heterocycles. The molecule has 1 aromatic carbocycles. The van der Waals surface area contributed by atoms with Gasteiger partial charge in [-0.1, -0.05) is 24.3 Å². The van der Waals surface area contributed by atoms with Crippen molar-refractivity contribution in [3.63, 3.8) is 0 Å². The lowest BCUT2D eigenvalue weighted by atomic mass is 10.1. The highest BCUT2D eigenvalue weighted by Gasteiger charge is 2.28. The highest BCUT2D eigenvalue weighted by molar-refractivity contribution is 6.05. The molecule has 1 aliphatic rings. The van der Waals surface area contributed by atoms with Crippen molar-refractivity contribution >= 4 is 41.5 Å². The van der Waals surface area contributed by atoms with Crippen LogP contribution in [0.4, 0.5) is 0 Å². The van der Waals surface area contributed by atoms with E-state index in [4.69, 9.17) is 5.73 Å². The molecular formula is C15H19Cl2N3O. The molecule has 1 atom stereocenters. The average molecular weight is 328 g/mol. The number of pyridine rings is 1. The Kier molecular flexibility index (Phi) is 6.40. The Bertz CT molecular complexity index is 611. The monoisotopic (exact) mass is 327 g/mol. The van der Waals surface area contributed by atoms with Gasteiger partial charge in [0.25, 0.3) is 5.91 Å². The van der Waals surface area contributed by atoms with Crippen LogP contribution in [0.25, 0.3) is 10.8 Å². The van der Waals surface area contributed by atoms with Crippen molar-refractivity contribution in [2.45, 2.75) is 18.9 Å². The summed E-state index contributed by atoms with van der Waals surface area (Å²) in [6.07, 6.45) is 4.03. The number of halogens is 2. The number of nitrogens with zero attached hydrogens (tertiary/aromatic N) is 1. The number of benzene rings is 1. The lowest BCUT2D eigenvalue weighted by molar-refractivity contribution is 0.0947.